The summed E-state index contributed by atoms with van der Waals surface area (Å²) in [6, 6.07) is 5.34. The van der Waals surface area contributed by atoms with Crippen molar-refractivity contribution in [3.05, 3.63) is 12.1 Å². The number of nitrogens with zero attached hydrogens (tertiary/aromatic N) is 4. The molecule has 2 aromatic heterocycles. The predicted octanol–water partition coefficient (Wildman–Crippen LogP) is 2.15. The quantitative estimate of drug-likeness (QED) is 0.383. The maximum atomic E-state index is 12.7. The lowest BCUT2D eigenvalue weighted by molar-refractivity contribution is -0.119. The molecule has 2 aliphatic rings. The third-order valence-electron chi connectivity index (χ3n) is 6.87. The van der Waals surface area contributed by atoms with Crippen molar-refractivity contribution in [3.8, 4) is 0 Å². The van der Waals surface area contributed by atoms with Crippen molar-refractivity contribution in [1.82, 2.24) is 30.4 Å². The molecule has 194 valence electrons. The Bertz CT molecular complexity index is 1120. The number of piperazine rings is 2. The van der Waals surface area contributed by atoms with Crippen LogP contribution in [0.15, 0.2) is 12.1 Å². The lowest BCUT2D eigenvalue weighted by Crippen LogP contribution is -2.55. The Balaban J connectivity index is 1.22. The number of rotatable bonds is 6. The van der Waals surface area contributed by atoms with E-state index in [9.17, 15) is 9.59 Å². The highest BCUT2D eigenvalue weighted by molar-refractivity contribution is 7.24. The van der Waals surface area contributed by atoms with E-state index in [1.54, 1.807) is 0 Å². The highest BCUT2D eigenvalue weighted by Crippen LogP contribution is 2.34. The van der Waals surface area contributed by atoms with Gasteiger partial charge in [0.1, 0.15) is 0 Å². The molecule has 12 heteroatoms. The summed E-state index contributed by atoms with van der Waals surface area (Å²) in [7, 11) is 0. The summed E-state index contributed by atoms with van der Waals surface area (Å²) in [6.45, 7) is 12.7. The zero-order valence-electron chi connectivity index (χ0n) is 21.1. The number of hydrogen-bond acceptors (Lipinski definition) is 10. The number of fused-ring (bicyclic) bond motifs is 2. The van der Waals surface area contributed by atoms with E-state index >= 15 is 0 Å². The van der Waals surface area contributed by atoms with Gasteiger partial charge in [-0.25, -0.2) is 9.97 Å². The average Bonchev–Trinajstić information content (AvgIpc) is 3.38. The van der Waals surface area contributed by atoms with Crippen LogP contribution < -0.4 is 21.3 Å². The molecule has 0 radical (unpaired) electrons. The third kappa shape index (κ3) is 5.84. The second-order valence-electron chi connectivity index (χ2n) is 10.1. The number of amides is 2. The van der Waals surface area contributed by atoms with E-state index in [1.807, 2.05) is 12.1 Å². The van der Waals surface area contributed by atoms with Crippen molar-refractivity contribution < 1.29 is 9.59 Å². The largest absolute Gasteiger partial charge is 0.311 e. The Kier molecular flexibility index (Phi) is 7.52. The maximum Gasteiger partial charge on any atom is 0.240 e. The summed E-state index contributed by atoms with van der Waals surface area (Å²) in [5, 5.41) is 14.0. The molecule has 4 atom stereocenters. The number of carbonyl (C=O) groups is 2. The number of benzene rings is 1. The minimum Gasteiger partial charge on any atom is -0.311 e. The summed E-state index contributed by atoms with van der Waals surface area (Å²) < 4.78 is 1.96. The van der Waals surface area contributed by atoms with Crippen molar-refractivity contribution in [2.75, 3.05) is 49.9 Å². The van der Waals surface area contributed by atoms with Gasteiger partial charge in [0.2, 0.25) is 11.8 Å². The summed E-state index contributed by atoms with van der Waals surface area (Å²) in [4.78, 5) is 38.9. The van der Waals surface area contributed by atoms with Gasteiger partial charge in [0.25, 0.3) is 0 Å². The Morgan fingerprint density at radius 3 is 1.72 bits per heavy atom. The molecule has 4 unspecified atom stereocenters. The lowest BCUT2D eigenvalue weighted by atomic mass is 10.1. The predicted molar refractivity (Wildman–Crippen MR) is 147 cm³/mol. The Hall–Kier alpha value is -2.22. The van der Waals surface area contributed by atoms with Gasteiger partial charge in [-0.1, -0.05) is 22.7 Å². The van der Waals surface area contributed by atoms with E-state index < -0.39 is 0 Å². The smallest absolute Gasteiger partial charge is 0.240 e. The van der Waals surface area contributed by atoms with Gasteiger partial charge < -0.3 is 21.3 Å². The summed E-state index contributed by atoms with van der Waals surface area (Å²) in [5.41, 5.74) is 1.58. The van der Waals surface area contributed by atoms with E-state index in [-0.39, 0.29) is 11.8 Å². The molecule has 2 saturated heterocycles. The summed E-state index contributed by atoms with van der Waals surface area (Å²) in [6.07, 6.45) is 0. The Morgan fingerprint density at radius 1 is 0.833 bits per heavy atom. The van der Waals surface area contributed by atoms with Crippen LogP contribution >= 0.6 is 22.7 Å². The van der Waals surface area contributed by atoms with E-state index in [4.69, 9.17) is 0 Å². The van der Waals surface area contributed by atoms with Gasteiger partial charge in [-0.05, 0) is 39.8 Å². The van der Waals surface area contributed by atoms with Crippen molar-refractivity contribution in [3.63, 3.8) is 0 Å². The van der Waals surface area contributed by atoms with Crippen LogP contribution in [-0.4, -0.2) is 95.0 Å². The van der Waals surface area contributed by atoms with Crippen molar-refractivity contribution in [2.45, 2.75) is 51.9 Å². The molecule has 5 rings (SSSR count). The maximum absolute atomic E-state index is 12.7. The van der Waals surface area contributed by atoms with E-state index in [0.29, 0.717) is 47.5 Å². The normalized spacial score (nSPS) is 25.9. The highest BCUT2D eigenvalue weighted by atomic mass is 32.1. The third-order valence-corrected chi connectivity index (χ3v) is 8.74. The molecule has 0 spiro atoms. The minimum absolute atomic E-state index is 0.0480. The highest BCUT2D eigenvalue weighted by Gasteiger charge is 2.25. The lowest BCUT2D eigenvalue weighted by Gasteiger charge is -2.36. The molecule has 3 aromatic rings. The van der Waals surface area contributed by atoms with Crippen LogP contribution in [-0.2, 0) is 9.59 Å². The zero-order valence-corrected chi connectivity index (χ0v) is 22.8. The fourth-order valence-corrected chi connectivity index (χ4v) is 6.66. The topological polar surface area (TPSA) is 115 Å². The zero-order chi connectivity index (χ0) is 25.4. The van der Waals surface area contributed by atoms with Crippen LogP contribution in [0.1, 0.15) is 27.7 Å². The molecule has 1 aromatic carbocycles. The van der Waals surface area contributed by atoms with Gasteiger partial charge >= 0.3 is 0 Å². The van der Waals surface area contributed by atoms with Crippen LogP contribution in [0.5, 0.6) is 0 Å². The molecule has 4 N–H and O–H groups in total. The van der Waals surface area contributed by atoms with E-state index in [0.717, 1.165) is 46.6 Å². The van der Waals surface area contributed by atoms with E-state index in [2.05, 4.69) is 68.7 Å². The number of carbonyl (C=O) groups excluding carboxylic acids is 2. The fraction of sp³-hybridized carbons (Fsp3) is 0.583. The number of anilines is 2. The number of thiazole rings is 2. The molecule has 2 fully saturated rings. The van der Waals surface area contributed by atoms with Crippen LogP contribution in [0.3, 0.4) is 0 Å². The van der Waals surface area contributed by atoms with Crippen LogP contribution in [0, 0.1) is 0 Å². The molecule has 4 heterocycles. The van der Waals surface area contributed by atoms with Gasteiger partial charge in [0, 0.05) is 50.3 Å². The van der Waals surface area contributed by atoms with Crippen molar-refractivity contribution >= 4 is 65.2 Å². The fourth-order valence-electron chi connectivity index (χ4n) is 4.78. The standard InChI is InChI=1S/C24H34N8O2S2/c1-13-9-31(15(3)7-25-13)11-21(33)29-23-27-17-5-18-20(6-19(17)35-23)36-24(28-18)30-22(34)12-32-10-14(2)26-8-16(32)4/h5-6,13-16,25-26H,7-12H2,1-4H3,(H,27,29,33)(H,28,30,34). The average molecular weight is 531 g/mol. The van der Waals surface area contributed by atoms with Crippen molar-refractivity contribution in [2.24, 2.45) is 0 Å². The first-order chi connectivity index (χ1) is 17.2. The van der Waals surface area contributed by atoms with Gasteiger partial charge in [-0.2, -0.15) is 0 Å². The number of aromatic nitrogens is 2. The first-order valence-electron chi connectivity index (χ1n) is 12.5. The summed E-state index contributed by atoms with van der Waals surface area (Å²) in [5.74, 6) is -0.0960. The van der Waals surface area contributed by atoms with Crippen LogP contribution in [0.2, 0.25) is 0 Å². The van der Waals surface area contributed by atoms with Gasteiger partial charge in [-0.3, -0.25) is 19.4 Å². The molecule has 2 amide bonds. The van der Waals surface area contributed by atoms with Gasteiger partial charge in [0.15, 0.2) is 10.3 Å². The molecular formula is C24H34N8O2S2. The molecule has 0 saturated carbocycles. The second-order valence-corrected chi connectivity index (χ2v) is 12.2. The Labute approximate surface area is 218 Å². The number of hydrogen-bond donors (Lipinski definition) is 4. The minimum atomic E-state index is -0.0480. The van der Waals surface area contributed by atoms with Crippen LogP contribution in [0.25, 0.3) is 20.4 Å². The first kappa shape index (κ1) is 25.4. The number of nitrogens with one attached hydrogen (secondary N) is 4. The van der Waals surface area contributed by atoms with Crippen molar-refractivity contribution in [1.29, 1.82) is 0 Å². The molecule has 2 aliphatic heterocycles. The SMILES string of the molecule is CC1CN(CC(=O)Nc2nc3cc4nc(NC(=O)CN5CC(C)NCC5C)sc4cc3s2)C(C)CN1. The second kappa shape index (κ2) is 10.6. The van der Waals surface area contributed by atoms with Crippen LogP contribution in [0.4, 0.5) is 10.3 Å². The van der Waals surface area contributed by atoms with E-state index in [1.165, 1.54) is 22.7 Å². The molecule has 10 nitrogen and oxygen atoms in total. The summed E-state index contributed by atoms with van der Waals surface area (Å²) >= 11 is 2.91. The molecule has 36 heavy (non-hydrogen) atoms. The molecule has 0 bridgehead atoms. The monoisotopic (exact) mass is 530 g/mol. The van der Waals surface area contributed by atoms with Gasteiger partial charge in [0.05, 0.1) is 33.5 Å². The molecule has 0 aliphatic carbocycles. The van der Waals surface area contributed by atoms with Gasteiger partial charge in [-0.15, -0.1) is 0 Å². The Morgan fingerprint density at radius 2 is 1.28 bits per heavy atom. The first-order valence-corrected chi connectivity index (χ1v) is 14.1. The molecular weight excluding hydrogens is 496 g/mol.